The molecular weight excluding hydrogens is 489 g/mol. The Kier molecular flexibility index (Phi) is 8.32. The molecule has 0 bridgehead atoms. The minimum absolute atomic E-state index is 0.248. The van der Waals surface area contributed by atoms with Crippen LogP contribution in [0.15, 0.2) is 78.9 Å². The van der Waals surface area contributed by atoms with Gasteiger partial charge in [-0.15, -0.1) is 0 Å². The first-order valence-corrected chi connectivity index (χ1v) is 13.7. The van der Waals surface area contributed by atoms with Gasteiger partial charge in [0.2, 0.25) is 0 Å². The van der Waals surface area contributed by atoms with E-state index >= 15 is 0 Å². The van der Waals surface area contributed by atoms with Crippen LogP contribution in [-0.4, -0.2) is 72.2 Å². The van der Waals surface area contributed by atoms with Crippen molar-refractivity contribution < 1.29 is 5.11 Å². The SMILES string of the molecule is OC1(c2ccc(Cl)cc2)CCN(CCN2CCN(C(c3ccccc3)c3ccc(Cl)cc3)CC2)CC1. The van der Waals surface area contributed by atoms with Gasteiger partial charge in [0.25, 0.3) is 0 Å². The van der Waals surface area contributed by atoms with Crippen molar-refractivity contribution in [2.75, 3.05) is 52.4 Å². The molecule has 0 spiro atoms. The van der Waals surface area contributed by atoms with E-state index in [0.717, 1.165) is 75.8 Å². The Morgan fingerprint density at radius 1 is 0.639 bits per heavy atom. The first-order chi connectivity index (χ1) is 17.5. The lowest BCUT2D eigenvalue weighted by Crippen LogP contribution is -2.50. The summed E-state index contributed by atoms with van der Waals surface area (Å²) in [7, 11) is 0. The van der Waals surface area contributed by atoms with Gasteiger partial charge in [-0.25, -0.2) is 0 Å². The summed E-state index contributed by atoms with van der Waals surface area (Å²) in [5.41, 5.74) is 2.87. The van der Waals surface area contributed by atoms with E-state index in [4.69, 9.17) is 23.2 Å². The van der Waals surface area contributed by atoms with E-state index in [2.05, 4.69) is 57.2 Å². The number of rotatable bonds is 7. The van der Waals surface area contributed by atoms with Crippen molar-refractivity contribution in [1.82, 2.24) is 14.7 Å². The van der Waals surface area contributed by atoms with Gasteiger partial charge in [-0.1, -0.05) is 77.8 Å². The molecular formula is C30H35Cl2N3O. The van der Waals surface area contributed by atoms with Crippen LogP contribution in [0.4, 0.5) is 0 Å². The number of piperazine rings is 1. The smallest absolute Gasteiger partial charge is 0.0920 e. The molecule has 2 fully saturated rings. The lowest BCUT2D eigenvalue weighted by molar-refractivity contribution is -0.0281. The van der Waals surface area contributed by atoms with Crippen LogP contribution in [0.3, 0.4) is 0 Å². The minimum Gasteiger partial charge on any atom is -0.385 e. The highest BCUT2D eigenvalue weighted by Crippen LogP contribution is 2.34. The van der Waals surface area contributed by atoms with Crippen LogP contribution in [-0.2, 0) is 5.60 Å². The molecule has 4 nitrogen and oxygen atoms in total. The molecule has 3 aromatic rings. The summed E-state index contributed by atoms with van der Waals surface area (Å²) in [6.45, 7) is 8.19. The minimum atomic E-state index is -0.735. The highest BCUT2D eigenvalue weighted by molar-refractivity contribution is 6.30. The van der Waals surface area contributed by atoms with E-state index in [1.54, 1.807) is 0 Å². The molecule has 0 amide bonds. The number of aliphatic hydroxyl groups is 1. The summed E-state index contributed by atoms with van der Waals surface area (Å²) in [6, 6.07) is 27.0. The predicted molar refractivity (Wildman–Crippen MR) is 149 cm³/mol. The molecule has 0 aromatic heterocycles. The molecule has 36 heavy (non-hydrogen) atoms. The topological polar surface area (TPSA) is 30.0 Å². The quantitative estimate of drug-likeness (QED) is 0.431. The molecule has 1 N–H and O–H groups in total. The third kappa shape index (κ3) is 6.13. The average Bonchev–Trinajstić information content (AvgIpc) is 2.91. The second-order valence-electron chi connectivity index (χ2n) is 10.1. The number of halogens is 2. The van der Waals surface area contributed by atoms with E-state index in [1.807, 2.05) is 36.4 Å². The molecule has 3 aromatic carbocycles. The van der Waals surface area contributed by atoms with Gasteiger partial charge in [0.15, 0.2) is 0 Å². The second kappa shape index (κ2) is 11.6. The van der Waals surface area contributed by atoms with E-state index in [1.165, 1.54) is 11.1 Å². The zero-order valence-electron chi connectivity index (χ0n) is 20.7. The summed E-state index contributed by atoms with van der Waals surface area (Å²) < 4.78 is 0. The molecule has 1 atom stereocenters. The molecule has 2 aliphatic rings. The van der Waals surface area contributed by atoms with Crippen molar-refractivity contribution in [2.45, 2.75) is 24.5 Å². The van der Waals surface area contributed by atoms with Crippen LogP contribution >= 0.6 is 23.2 Å². The maximum Gasteiger partial charge on any atom is 0.0920 e. The maximum atomic E-state index is 11.2. The molecule has 0 aliphatic carbocycles. The van der Waals surface area contributed by atoms with E-state index in [9.17, 15) is 5.11 Å². The van der Waals surface area contributed by atoms with Gasteiger partial charge >= 0.3 is 0 Å². The fourth-order valence-corrected chi connectivity index (χ4v) is 5.87. The van der Waals surface area contributed by atoms with Gasteiger partial charge < -0.3 is 10.0 Å². The van der Waals surface area contributed by atoms with Crippen LogP contribution in [0.5, 0.6) is 0 Å². The van der Waals surface area contributed by atoms with Gasteiger partial charge in [0.1, 0.15) is 0 Å². The van der Waals surface area contributed by atoms with Crippen LogP contribution in [0.1, 0.15) is 35.6 Å². The Hall–Kier alpha value is -1.92. The zero-order valence-corrected chi connectivity index (χ0v) is 22.2. The lowest BCUT2D eigenvalue weighted by Gasteiger charge is -2.42. The molecule has 190 valence electrons. The van der Waals surface area contributed by atoms with Crippen molar-refractivity contribution in [2.24, 2.45) is 0 Å². The predicted octanol–water partition coefficient (Wildman–Crippen LogP) is 5.68. The van der Waals surface area contributed by atoms with Crippen molar-refractivity contribution in [3.05, 3.63) is 106 Å². The first kappa shape index (κ1) is 25.7. The van der Waals surface area contributed by atoms with Gasteiger partial charge in [0.05, 0.1) is 11.6 Å². The Morgan fingerprint density at radius 2 is 1.14 bits per heavy atom. The highest BCUT2D eigenvalue weighted by Gasteiger charge is 2.34. The van der Waals surface area contributed by atoms with E-state index in [-0.39, 0.29) is 6.04 Å². The van der Waals surface area contributed by atoms with Crippen LogP contribution < -0.4 is 0 Å². The second-order valence-corrected chi connectivity index (χ2v) is 11.0. The first-order valence-electron chi connectivity index (χ1n) is 13.0. The van der Waals surface area contributed by atoms with E-state index in [0.29, 0.717) is 5.02 Å². The molecule has 0 radical (unpaired) electrons. The number of benzene rings is 3. The summed E-state index contributed by atoms with van der Waals surface area (Å²) in [5.74, 6) is 0. The lowest BCUT2D eigenvalue weighted by atomic mass is 9.84. The molecule has 2 saturated heterocycles. The number of hydrogen-bond donors (Lipinski definition) is 1. The Morgan fingerprint density at radius 3 is 1.72 bits per heavy atom. The zero-order chi connectivity index (χ0) is 25.0. The van der Waals surface area contributed by atoms with Crippen molar-refractivity contribution in [3.8, 4) is 0 Å². The van der Waals surface area contributed by atoms with Crippen LogP contribution in [0.2, 0.25) is 10.0 Å². The standard InChI is InChI=1S/C30H35Cl2N3O/c31-27-10-6-25(7-11-27)29(24-4-2-1-3-5-24)35-22-20-34(21-23-35)19-18-33-16-14-30(36,15-17-33)26-8-12-28(32)13-9-26/h1-13,29,36H,14-23H2. The number of nitrogens with zero attached hydrogens (tertiary/aromatic N) is 3. The molecule has 2 aliphatic heterocycles. The van der Waals surface area contributed by atoms with Crippen LogP contribution in [0, 0.1) is 0 Å². The molecule has 6 heteroatoms. The molecule has 2 heterocycles. The van der Waals surface area contributed by atoms with Gasteiger partial charge in [-0.3, -0.25) is 9.80 Å². The maximum absolute atomic E-state index is 11.2. The monoisotopic (exact) mass is 523 g/mol. The average molecular weight is 525 g/mol. The Balaban J connectivity index is 1.13. The van der Waals surface area contributed by atoms with Gasteiger partial charge in [-0.05, 0) is 53.8 Å². The van der Waals surface area contributed by atoms with Gasteiger partial charge in [-0.2, -0.15) is 0 Å². The van der Waals surface area contributed by atoms with E-state index < -0.39 is 5.60 Å². The van der Waals surface area contributed by atoms with Crippen LogP contribution in [0.25, 0.3) is 0 Å². The van der Waals surface area contributed by atoms with Crippen molar-refractivity contribution in [3.63, 3.8) is 0 Å². The molecule has 1 unspecified atom stereocenters. The summed E-state index contributed by atoms with van der Waals surface area (Å²) in [5, 5.41) is 12.6. The Bertz CT molecular complexity index is 1090. The van der Waals surface area contributed by atoms with Crippen molar-refractivity contribution in [1.29, 1.82) is 0 Å². The summed E-state index contributed by atoms with van der Waals surface area (Å²) in [6.07, 6.45) is 1.53. The normalized spacial score (nSPS) is 20.3. The summed E-state index contributed by atoms with van der Waals surface area (Å²) >= 11 is 12.2. The Labute approximate surface area is 225 Å². The third-order valence-corrected chi connectivity index (χ3v) is 8.37. The number of hydrogen-bond acceptors (Lipinski definition) is 4. The number of piperidine rings is 1. The van der Waals surface area contributed by atoms with Gasteiger partial charge in [0, 0.05) is 62.4 Å². The largest absolute Gasteiger partial charge is 0.385 e. The number of likely N-dealkylation sites (tertiary alicyclic amines) is 1. The molecule has 0 saturated carbocycles. The summed E-state index contributed by atoms with van der Waals surface area (Å²) in [4.78, 5) is 7.68. The molecule has 5 rings (SSSR count). The fraction of sp³-hybridized carbons (Fsp3) is 0.400. The fourth-order valence-electron chi connectivity index (χ4n) is 5.62. The van der Waals surface area contributed by atoms with Crippen molar-refractivity contribution >= 4 is 23.2 Å². The third-order valence-electron chi connectivity index (χ3n) is 7.87. The highest BCUT2D eigenvalue weighted by atomic mass is 35.5.